The van der Waals surface area contributed by atoms with Gasteiger partial charge in [0.2, 0.25) is 0 Å². The first-order chi connectivity index (χ1) is 14.9. The van der Waals surface area contributed by atoms with Crippen LogP contribution in [-0.2, 0) is 6.54 Å². The standard InChI is InChI=1S/C25H27N5O/c1-17-10-12-18(13-11-17)25(31)28-22-14-20-21(15-23(22)29(2)3)27-24(26-20)16-30(4)19-8-6-5-7-9-19/h5-15H,16H2,1-4H3,(H,26,27)(H,28,31). The normalized spacial score (nSPS) is 10.8. The summed E-state index contributed by atoms with van der Waals surface area (Å²) in [7, 11) is 5.96. The fourth-order valence-corrected chi connectivity index (χ4v) is 3.54. The second-order valence-corrected chi connectivity index (χ2v) is 7.98. The van der Waals surface area contributed by atoms with Gasteiger partial charge in [-0.1, -0.05) is 35.9 Å². The van der Waals surface area contributed by atoms with E-state index in [1.54, 1.807) is 0 Å². The van der Waals surface area contributed by atoms with Crippen molar-refractivity contribution in [1.29, 1.82) is 0 Å². The van der Waals surface area contributed by atoms with Gasteiger partial charge in [0.25, 0.3) is 5.91 Å². The first kappa shape index (κ1) is 20.5. The fourth-order valence-electron chi connectivity index (χ4n) is 3.54. The summed E-state index contributed by atoms with van der Waals surface area (Å²) >= 11 is 0. The molecule has 4 rings (SSSR count). The van der Waals surface area contributed by atoms with Crippen LogP contribution in [0.2, 0.25) is 0 Å². The molecule has 1 heterocycles. The topological polar surface area (TPSA) is 64.3 Å². The molecule has 4 aromatic rings. The highest BCUT2D eigenvalue weighted by Gasteiger charge is 2.15. The van der Waals surface area contributed by atoms with Crippen LogP contribution in [0.3, 0.4) is 0 Å². The molecule has 0 aliphatic rings. The fraction of sp³-hybridized carbons (Fsp3) is 0.200. The lowest BCUT2D eigenvalue weighted by molar-refractivity contribution is 0.102. The molecule has 0 fully saturated rings. The van der Waals surface area contributed by atoms with E-state index in [9.17, 15) is 4.79 Å². The zero-order chi connectivity index (χ0) is 22.0. The van der Waals surface area contributed by atoms with Gasteiger partial charge in [-0.05, 0) is 43.3 Å². The monoisotopic (exact) mass is 413 g/mol. The summed E-state index contributed by atoms with van der Waals surface area (Å²) in [4.78, 5) is 25.1. The summed E-state index contributed by atoms with van der Waals surface area (Å²) in [6, 6.07) is 21.7. The number of aromatic nitrogens is 2. The Bertz CT molecular complexity index is 1200. The summed E-state index contributed by atoms with van der Waals surface area (Å²) < 4.78 is 0. The van der Waals surface area contributed by atoms with E-state index in [4.69, 9.17) is 4.98 Å². The molecule has 6 nitrogen and oxygen atoms in total. The lowest BCUT2D eigenvalue weighted by Crippen LogP contribution is -2.16. The van der Waals surface area contributed by atoms with Crippen molar-refractivity contribution >= 4 is 34.0 Å². The molecule has 2 N–H and O–H groups in total. The number of H-pyrrole nitrogens is 1. The van der Waals surface area contributed by atoms with Gasteiger partial charge in [0.15, 0.2) is 0 Å². The third kappa shape index (κ3) is 4.53. The van der Waals surface area contributed by atoms with E-state index in [-0.39, 0.29) is 5.91 Å². The van der Waals surface area contributed by atoms with Crippen LogP contribution in [0.15, 0.2) is 66.7 Å². The molecule has 0 aliphatic carbocycles. The Morgan fingerprint density at radius 3 is 2.39 bits per heavy atom. The second kappa shape index (κ2) is 8.52. The quantitative estimate of drug-likeness (QED) is 0.475. The van der Waals surface area contributed by atoms with Crippen LogP contribution in [0.4, 0.5) is 17.1 Å². The number of nitrogens with one attached hydrogen (secondary N) is 2. The zero-order valence-corrected chi connectivity index (χ0v) is 18.3. The van der Waals surface area contributed by atoms with Crippen molar-refractivity contribution in [1.82, 2.24) is 9.97 Å². The van der Waals surface area contributed by atoms with Crippen LogP contribution in [0.1, 0.15) is 21.7 Å². The molecule has 1 amide bonds. The number of amides is 1. The number of hydrogen-bond donors (Lipinski definition) is 2. The van der Waals surface area contributed by atoms with Gasteiger partial charge < -0.3 is 20.1 Å². The highest BCUT2D eigenvalue weighted by molar-refractivity contribution is 6.07. The number of para-hydroxylation sites is 1. The number of benzene rings is 3. The summed E-state index contributed by atoms with van der Waals surface area (Å²) in [5.74, 6) is 0.735. The Hall–Kier alpha value is -3.80. The first-order valence-corrected chi connectivity index (χ1v) is 10.2. The number of carbonyl (C=O) groups is 1. The minimum atomic E-state index is -0.133. The third-order valence-electron chi connectivity index (χ3n) is 5.28. The maximum absolute atomic E-state index is 12.8. The summed E-state index contributed by atoms with van der Waals surface area (Å²) in [5.41, 5.74) is 6.29. The van der Waals surface area contributed by atoms with Crippen LogP contribution >= 0.6 is 0 Å². The van der Waals surface area contributed by atoms with E-state index in [0.29, 0.717) is 12.1 Å². The predicted octanol–water partition coefficient (Wildman–Crippen LogP) is 4.83. The molecule has 0 aliphatic heterocycles. The van der Waals surface area contributed by atoms with E-state index in [2.05, 4.69) is 27.3 Å². The smallest absolute Gasteiger partial charge is 0.255 e. The van der Waals surface area contributed by atoms with Crippen molar-refractivity contribution in [2.45, 2.75) is 13.5 Å². The van der Waals surface area contributed by atoms with Gasteiger partial charge in [0.05, 0.1) is 29.0 Å². The number of hydrogen-bond acceptors (Lipinski definition) is 4. The summed E-state index contributed by atoms with van der Waals surface area (Å²) in [6.45, 7) is 2.66. The number of carbonyl (C=O) groups excluding carboxylic acids is 1. The van der Waals surface area contributed by atoms with Gasteiger partial charge in [0, 0.05) is 32.4 Å². The van der Waals surface area contributed by atoms with Crippen molar-refractivity contribution in [3.63, 3.8) is 0 Å². The van der Waals surface area contributed by atoms with Crippen LogP contribution in [0.5, 0.6) is 0 Å². The number of imidazole rings is 1. The minimum Gasteiger partial charge on any atom is -0.376 e. The maximum Gasteiger partial charge on any atom is 0.255 e. The second-order valence-electron chi connectivity index (χ2n) is 7.98. The Labute approximate surface area is 182 Å². The lowest BCUT2D eigenvalue weighted by Gasteiger charge is -2.18. The largest absolute Gasteiger partial charge is 0.376 e. The average Bonchev–Trinajstić information content (AvgIpc) is 3.15. The number of rotatable bonds is 6. The molecule has 3 aromatic carbocycles. The Morgan fingerprint density at radius 1 is 1.00 bits per heavy atom. The van der Waals surface area contributed by atoms with E-state index in [1.165, 1.54) is 0 Å². The molecule has 0 bridgehead atoms. The van der Waals surface area contributed by atoms with Crippen LogP contribution in [-0.4, -0.2) is 37.0 Å². The van der Waals surface area contributed by atoms with E-state index < -0.39 is 0 Å². The molecule has 0 atom stereocenters. The molecule has 158 valence electrons. The molecule has 0 saturated heterocycles. The molecule has 1 aromatic heterocycles. The van der Waals surface area contributed by atoms with Crippen molar-refractivity contribution in [2.24, 2.45) is 0 Å². The molecule has 6 heteroatoms. The number of nitrogens with zero attached hydrogens (tertiary/aromatic N) is 3. The van der Waals surface area contributed by atoms with Gasteiger partial charge in [-0.3, -0.25) is 4.79 Å². The Balaban J connectivity index is 1.62. The maximum atomic E-state index is 12.8. The van der Waals surface area contributed by atoms with Gasteiger partial charge >= 0.3 is 0 Å². The van der Waals surface area contributed by atoms with Gasteiger partial charge in [-0.2, -0.15) is 0 Å². The van der Waals surface area contributed by atoms with Crippen molar-refractivity contribution in [2.75, 3.05) is 36.3 Å². The molecule has 0 saturated carbocycles. The van der Waals surface area contributed by atoms with Crippen molar-refractivity contribution in [3.8, 4) is 0 Å². The Morgan fingerprint density at radius 2 is 1.71 bits per heavy atom. The first-order valence-electron chi connectivity index (χ1n) is 10.2. The SMILES string of the molecule is Cc1ccc(C(=O)Nc2cc3[nH]c(CN(C)c4ccccc4)nc3cc2N(C)C)cc1. The predicted molar refractivity (Wildman–Crippen MR) is 128 cm³/mol. The van der Waals surface area contributed by atoms with Crippen LogP contribution in [0.25, 0.3) is 11.0 Å². The van der Waals surface area contributed by atoms with Crippen LogP contribution in [0, 0.1) is 6.92 Å². The number of anilines is 3. The van der Waals surface area contributed by atoms with Crippen LogP contribution < -0.4 is 15.1 Å². The van der Waals surface area contributed by atoms with E-state index in [1.807, 2.05) is 87.6 Å². The van der Waals surface area contributed by atoms with Crippen molar-refractivity contribution < 1.29 is 4.79 Å². The number of fused-ring (bicyclic) bond motifs is 1. The lowest BCUT2D eigenvalue weighted by atomic mass is 10.1. The average molecular weight is 414 g/mol. The van der Waals surface area contributed by atoms with E-state index in [0.717, 1.165) is 39.5 Å². The van der Waals surface area contributed by atoms with Gasteiger partial charge in [0.1, 0.15) is 5.82 Å². The zero-order valence-electron chi connectivity index (χ0n) is 18.3. The molecule has 0 unspecified atom stereocenters. The number of aromatic amines is 1. The number of aryl methyl sites for hydroxylation is 1. The minimum absolute atomic E-state index is 0.133. The highest BCUT2D eigenvalue weighted by atomic mass is 16.1. The van der Waals surface area contributed by atoms with E-state index >= 15 is 0 Å². The molecule has 0 radical (unpaired) electrons. The van der Waals surface area contributed by atoms with Gasteiger partial charge in [-0.15, -0.1) is 0 Å². The Kier molecular flexibility index (Phi) is 5.62. The van der Waals surface area contributed by atoms with Gasteiger partial charge in [-0.25, -0.2) is 4.98 Å². The molecular weight excluding hydrogens is 386 g/mol. The molecule has 0 spiro atoms. The van der Waals surface area contributed by atoms with Crippen molar-refractivity contribution in [3.05, 3.63) is 83.7 Å². The molecule has 31 heavy (non-hydrogen) atoms. The third-order valence-corrected chi connectivity index (χ3v) is 5.28. The highest BCUT2D eigenvalue weighted by Crippen LogP contribution is 2.30. The summed E-state index contributed by atoms with van der Waals surface area (Å²) in [6.07, 6.45) is 0. The molecular formula is C25H27N5O. The summed E-state index contributed by atoms with van der Waals surface area (Å²) in [5, 5.41) is 3.06.